The van der Waals surface area contributed by atoms with Gasteiger partial charge in [0.05, 0.1) is 0 Å². The molecule has 6 nitrogen and oxygen atoms in total. The average molecular weight is 394 g/mol. The van der Waals surface area contributed by atoms with Crippen molar-refractivity contribution in [3.63, 3.8) is 0 Å². The molecular formula is C23H26N2O4. The smallest absolute Gasteiger partial charge is 0.326 e. The number of likely N-dealkylation sites (tertiary alicyclic amines) is 1. The Morgan fingerprint density at radius 2 is 1.62 bits per heavy atom. The number of carboxylic acid groups (broad SMARTS) is 1. The summed E-state index contributed by atoms with van der Waals surface area (Å²) >= 11 is 0. The predicted molar refractivity (Wildman–Crippen MR) is 109 cm³/mol. The third-order valence-electron chi connectivity index (χ3n) is 5.22. The summed E-state index contributed by atoms with van der Waals surface area (Å²) in [5, 5.41) is 12.3. The molecule has 1 aliphatic rings. The molecule has 1 fully saturated rings. The number of carboxylic acids is 1. The van der Waals surface area contributed by atoms with Crippen LogP contribution >= 0.6 is 0 Å². The van der Waals surface area contributed by atoms with E-state index in [2.05, 4.69) is 5.32 Å². The second kappa shape index (κ2) is 9.87. The number of amides is 2. The van der Waals surface area contributed by atoms with Crippen LogP contribution in [0.2, 0.25) is 0 Å². The highest BCUT2D eigenvalue weighted by Gasteiger charge is 2.37. The van der Waals surface area contributed by atoms with Crippen molar-refractivity contribution < 1.29 is 19.5 Å². The molecule has 1 aliphatic heterocycles. The molecule has 2 N–H and O–H groups in total. The standard InChI is InChI=1S/C23H26N2O4/c26-21(14-13-17-8-3-1-4-9-17)24-19(16-18-10-5-2-6-11-18)22(27)25-15-7-12-20(25)23(28)29/h1-6,8-11,19-20H,7,12-16H2,(H,24,26)(H,28,29)/t19?,20-/m0/s1. The van der Waals surface area contributed by atoms with Gasteiger partial charge in [-0.3, -0.25) is 9.59 Å². The zero-order chi connectivity index (χ0) is 20.6. The summed E-state index contributed by atoms with van der Waals surface area (Å²) in [6.45, 7) is 0.404. The quantitative estimate of drug-likeness (QED) is 0.720. The van der Waals surface area contributed by atoms with Crippen LogP contribution in [0.25, 0.3) is 0 Å². The number of carbonyl (C=O) groups excluding carboxylic acids is 2. The molecular weight excluding hydrogens is 368 g/mol. The van der Waals surface area contributed by atoms with E-state index in [4.69, 9.17) is 0 Å². The number of carbonyl (C=O) groups is 3. The van der Waals surface area contributed by atoms with E-state index in [1.807, 2.05) is 60.7 Å². The Morgan fingerprint density at radius 1 is 1.00 bits per heavy atom. The maximum Gasteiger partial charge on any atom is 0.326 e. The van der Waals surface area contributed by atoms with Crippen LogP contribution in [0.5, 0.6) is 0 Å². The number of nitrogens with one attached hydrogen (secondary N) is 1. The Morgan fingerprint density at radius 3 is 2.24 bits per heavy atom. The molecule has 2 aromatic rings. The van der Waals surface area contributed by atoms with E-state index >= 15 is 0 Å². The van der Waals surface area contributed by atoms with Gasteiger partial charge in [0.1, 0.15) is 12.1 Å². The van der Waals surface area contributed by atoms with Gasteiger partial charge in [0, 0.05) is 19.4 Å². The monoisotopic (exact) mass is 394 g/mol. The Balaban J connectivity index is 1.69. The van der Waals surface area contributed by atoms with Gasteiger partial charge in [0.2, 0.25) is 11.8 Å². The molecule has 29 heavy (non-hydrogen) atoms. The first kappa shape index (κ1) is 20.6. The molecule has 6 heteroatoms. The van der Waals surface area contributed by atoms with Gasteiger partial charge in [-0.2, -0.15) is 0 Å². The van der Waals surface area contributed by atoms with Gasteiger partial charge in [-0.25, -0.2) is 4.79 Å². The lowest BCUT2D eigenvalue weighted by Crippen LogP contribution is -2.52. The molecule has 1 saturated heterocycles. The van der Waals surface area contributed by atoms with Gasteiger partial charge in [0.15, 0.2) is 0 Å². The van der Waals surface area contributed by atoms with Gasteiger partial charge in [0.25, 0.3) is 0 Å². The average Bonchev–Trinajstić information content (AvgIpc) is 3.23. The van der Waals surface area contributed by atoms with E-state index in [0.29, 0.717) is 32.2 Å². The van der Waals surface area contributed by atoms with Gasteiger partial charge in [-0.1, -0.05) is 60.7 Å². The van der Waals surface area contributed by atoms with Crippen LogP contribution in [0, 0.1) is 0 Å². The van der Waals surface area contributed by atoms with E-state index in [0.717, 1.165) is 11.1 Å². The maximum absolute atomic E-state index is 13.1. The summed E-state index contributed by atoms with van der Waals surface area (Å²) in [6, 6.07) is 17.5. The third-order valence-corrected chi connectivity index (χ3v) is 5.22. The van der Waals surface area contributed by atoms with E-state index in [9.17, 15) is 19.5 Å². The Kier molecular flexibility index (Phi) is 7.00. The molecule has 0 bridgehead atoms. The molecule has 2 aromatic carbocycles. The summed E-state index contributed by atoms with van der Waals surface area (Å²) < 4.78 is 0. The highest BCUT2D eigenvalue weighted by molar-refractivity contribution is 5.91. The molecule has 0 aromatic heterocycles. The number of hydrogen-bond donors (Lipinski definition) is 2. The van der Waals surface area contributed by atoms with Crippen molar-refractivity contribution in [3.8, 4) is 0 Å². The largest absolute Gasteiger partial charge is 0.480 e. The number of hydrogen-bond acceptors (Lipinski definition) is 3. The number of aryl methyl sites for hydroxylation is 1. The van der Waals surface area contributed by atoms with Crippen molar-refractivity contribution in [1.82, 2.24) is 10.2 Å². The SMILES string of the molecule is O=C(CCc1ccccc1)NC(Cc1ccccc1)C(=O)N1CCC[C@H]1C(=O)O. The number of benzene rings is 2. The minimum Gasteiger partial charge on any atom is -0.480 e. The molecule has 2 amide bonds. The normalized spacial score (nSPS) is 17.0. The van der Waals surface area contributed by atoms with Crippen LogP contribution in [0.1, 0.15) is 30.4 Å². The predicted octanol–water partition coefficient (Wildman–Crippen LogP) is 2.42. The summed E-state index contributed by atoms with van der Waals surface area (Å²) in [5.74, 6) is -1.54. The van der Waals surface area contributed by atoms with E-state index in [-0.39, 0.29) is 18.2 Å². The zero-order valence-corrected chi connectivity index (χ0v) is 16.3. The topological polar surface area (TPSA) is 86.7 Å². The minimum atomic E-state index is -0.996. The highest BCUT2D eigenvalue weighted by Crippen LogP contribution is 2.19. The lowest BCUT2D eigenvalue weighted by molar-refractivity contribution is -0.149. The van der Waals surface area contributed by atoms with Gasteiger partial charge >= 0.3 is 5.97 Å². The van der Waals surface area contributed by atoms with Crippen LogP contribution < -0.4 is 5.32 Å². The first-order valence-electron chi connectivity index (χ1n) is 9.95. The Hall–Kier alpha value is -3.15. The lowest BCUT2D eigenvalue weighted by Gasteiger charge is -2.27. The summed E-state index contributed by atoms with van der Waals surface area (Å²) in [4.78, 5) is 38.6. The van der Waals surface area contributed by atoms with Gasteiger partial charge < -0.3 is 15.3 Å². The first-order chi connectivity index (χ1) is 14.0. The fraction of sp³-hybridized carbons (Fsp3) is 0.348. The minimum absolute atomic E-state index is 0.214. The molecule has 1 heterocycles. The lowest BCUT2D eigenvalue weighted by atomic mass is 10.0. The third kappa shape index (κ3) is 5.67. The maximum atomic E-state index is 13.1. The second-order valence-electron chi connectivity index (χ2n) is 7.32. The Labute approximate surface area is 170 Å². The van der Waals surface area contributed by atoms with Crippen LogP contribution in [-0.4, -0.2) is 46.4 Å². The van der Waals surface area contributed by atoms with Crippen molar-refractivity contribution in [3.05, 3.63) is 71.8 Å². The van der Waals surface area contributed by atoms with E-state index in [1.165, 1.54) is 4.90 Å². The number of rotatable bonds is 8. The van der Waals surface area contributed by atoms with Crippen molar-refractivity contribution in [2.75, 3.05) is 6.54 Å². The van der Waals surface area contributed by atoms with Crippen molar-refractivity contribution in [2.45, 2.75) is 44.2 Å². The fourth-order valence-corrected chi connectivity index (χ4v) is 3.71. The molecule has 3 rings (SSSR count). The molecule has 152 valence electrons. The van der Waals surface area contributed by atoms with Crippen LogP contribution in [0.3, 0.4) is 0 Å². The fourth-order valence-electron chi connectivity index (χ4n) is 3.71. The summed E-state index contributed by atoms with van der Waals surface area (Å²) in [7, 11) is 0. The molecule has 1 unspecified atom stereocenters. The Bertz CT molecular complexity index is 838. The van der Waals surface area contributed by atoms with Crippen LogP contribution in [0.15, 0.2) is 60.7 Å². The van der Waals surface area contributed by atoms with E-state index in [1.54, 1.807) is 0 Å². The first-order valence-corrected chi connectivity index (χ1v) is 9.95. The van der Waals surface area contributed by atoms with E-state index < -0.39 is 18.1 Å². The number of aliphatic carboxylic acids is 1. The molecule has 0 saturated carbocycles. The molecule has 2 atom stereocenters. The van der Waals surface area contributed by atoms with Gasteiger partial charge in [-0.15, -0.1) is 0 Å². The highest BCUT2D eigenvalue weighted by atomic mass is 16.4. The molecule has 0 spiro atoms. The van der Waals surface area contributed by atoms with Crippen molar-refractivity contribution in [2.24, 2.45) is 0 Å². The second-order valence-corrected chi connectivity index (χ2v) is 7.32. The number of nitrogens with zero attached hydrogens (tertiary/aromatic N) is 1. The van der Waals surface area contributed by atoms with Crippen LogP contribution in [0.4, 0.5) is 0 Å². The van der Waals surface area contributed by atoms with Crippen molar-refractivity contribution in [1.29, 1.82) is 0 Å². The summed E-state index contributed by atoms with van der Waals surface area (Å²) in [5.41, 5.74) is 1.97. The summed E-state index contributed by atoms with van der Waals surface area (Å²) in [6.07, 6.45) is 2.29. The van der Waals surface area contributed by atoms with Crippen LogP contribution in [-0.2, 0) is 27.2 Å². The molecule has 0 radical (unpaired) electrons. The van der Waals surface area contributed by atoms with Gasteiger partial charge in [-0.05, 0) is 30.4 Å². The van der Waals surface area contributed by atoms with Crippen molar-refractivity contribution >= 4 is 17.8 Å². The molecule has 0 aliphatic carbocycles. The zero-order valence-electron chi connectivity index (χ0n) is 16.3.